The van der Waals surface area contributed by atoms with Crippen molar-refractivity contribution in [2.24, 2.45) is 0 Å². The van der Waals surface area contributed by atoms with Crippen molar-refractivity contribution in [3.8, 4) is 0 Å². The van der Waals surface area contributed by atoms with Crippen LogP contribution in [0.25, 0.3) is 0 Å². The van der Waals surface area contributed by atoms with E-state index in [1.54, 1.807) is 12.5 Å². The fraction of sp³-hybridized carbons (Fsp3) is 0.688. The molecule has 24 heavy (non-hydrogen) atoms. The minimum Gasteiger partial charge on any atom is -0.380 e. The minimum atomic E-state index is -0.184. The quantitative estimate of drug-likeness (QED) is 0.868. The normalized spacial score (nSPS) is 24.5. The van der Waals surface area contributed by atoms with Gasteiger partial charge in [-0.3, -0.25) is 9.59 Å². The average molecular weight is 352 g/mol. The molecule has 2 fully saturated rings. The molecule has 2 aliphatic rings. The van der Waals surface area contributed by atoms with Crippen LogP contribution in [0.4, 0.5) is 5.13 Å². The zero-order valence-electron chi connectivity index (χ0n) is 14.2. The summed E-state index contributed by atoms with van der Waals surface area (Å²) in [6, 6.07) is 0.159. The summed E-state index contributed by atoms with van der Waals surface area (Å²) in [5.41, 5.74) is 0.395. The zero-order chi connectivity index (χ0) is 17.1. The van der Waals surface area contributed by atoms with Crippen LogP contribution in [-0.4, -0.2) is 72.0 Å². The lowest BCUT2D eigenvalue weighted by molar-refractivity contribution is -0.114. The summed E-state index contributed by atoms with van der Waals surface area (Å²) in [4.78, 5) is 32.6. The Hall–Kier alpha value is -1.51. The van der Waals surface area contributed by atoms with Gasteiger partial charge in [0.25, 0.3) is 5.91 Å². The molecule has 2 atom stereocenters. The Morgan fingerprint density at radius 1 is 1.42 bits per heavy atom. The summed E-state index contributed by atoms with van der Waals surface area (Å²) in [6.45, 7) is 5.15. The molecule has 0 bridgehead atoms. The van der Waals surface area contributed by atoms with E-state index in [2.05, 4.69) is 15.2 Å². The number of aromatic nitrogens is 1. The number of thiazole rings is 1. The Morgan fingerprint density at radius 2 is 2.17 bits per heavy atom. The molecule has 3 rings (SSSR count). The number of nitrogens with zero attached hydrogens (tertiary/aromatic N) is 3. The van der Waals surface area contributed by atoms with Crippen molar-refractivity contribution >= 4 is 28.3 Å². The summed E-state index contributed by atoms with van der Waals surface area (Å²) in [5.74, 6) is -0.262. The van der Waals surface area contributed by atoms with E-state index in [9.17, 15) is 9.59 Å². The van der Waals surface area contributed by atoms with E-state index in [1.807, 2.05) is 4.90 Å². The maximum absolute atomic E-state index is 12.9. The zero-order valence-corrected chi connectivity index (χ0v) is 15.0. The number of carbonyl (C=O) groups excluding carboxylic acids is 2. The van der Waals surface area contributed by atoms with Crippen LogP contribution in [0, 0.1) is 0 Å². The number of ether oxygens (including phenoxy) is 1. The Kier molecular flexibility index (Phi) is 5.47. The maximum Gasteiger partial charge on any atom is 0.273 e. The first kappa shape index (κ1) is 17.3. The highest BCUT2D eigenvalue weighted by Gasteiger charge is 2.37. The van der Waals surface area contributed by atoms with Crippen LogP contribution in [0.15, 0.2) is 5.38 Å². The Labute approximate surface area is 146 Å². The van der Waals surface area contributed by atoms with E-state index >= 15 is 0 Å². The van der Waals surface area contributed by atoms with Crippen LogP contribution in [0.3, 0.4) is 0 Å². The van der Waals surface area contributed by atoms with Crippen molar-refractivity contribution in [2.75, 3.05) is 38.6 Å². The maximum atomic E-state index is 12.9. The minimum absolute atomic E-state index is 0.0772. The molecule has 3 heterocycles. The molecule has 132 valence electrons. The summed E-state index contributed by atoms with van der Waals surface area (Å²) in [6.07, 6.45) is 3.41. The van der Waals surface area contributed by atoms with Gasteiger partial charge in [0, 0.05) is 38.5 Å². The molecule has 0 aromatic carbocycles. The fourth-order valence-corrected chi connectivity index (χ4v) is 4.19. The molecule has 1 N–H and O–H groups in total. The monoisotopic (exact) mass is 352 g/mol. The molecule has 0 unspecified atom stereocenters. The lowest BCUT2D eigenvalue weighted by Crippen LogP contribution is -2.42. The van der Waals surface area contributed by atoms with Gasteiger partial charge in [-0.25, -0.2) is 4.98 Å². The predicted molar refractivity (Wildman–Crippen MR) is 92.3 cm³/mol. The molecule has 0 spiro atoms. The molecule has 2 aliphatic heterocycles. The molecular formula is C16H24N4O3S. The molecule has 7 nitrogen and oxygen atoms in total. The van der Waals surface area contributed by atoms with Crippen LogP contribution in [0.2, 0.25) is 0 Å². The first-order valence-corrected chi connectivity index (χ1v) is 9.24. The summed E-state index contributed by atoms with van der Waals surface area (Å²) in [5, 5.41) is 4.80. The molecule has 1 aromatic rings. The average Bonchev–Trinajstić information content (AvgIpc) is 3.27. The fourth-order valence-electron chi connectivity index (χ4n) is 3.46. The number of carbonyl (C=O) groups is 2. The number of hydrogen-bond donors (Lipinski definition) is 1. The molecule has 0 aliphatic carbocycles. The number of nitrogens with one attached hydrogen (secondary N) is 1. The van der Waals surface area contributed by atoms with Crippen molar-refractivity contribution in [3.05, 3.63) is 11.1 Å². The van der Waals surface area contributed by atoms with Crippen molar-refractivity contribution < 1.29 is 14.3 Å². The highest BCUT2D eigenvalue weighted by molar-refractivity contribution is 7.14. The molecular weight excluding hydrogens is 328 g/mol. The van der Waals surface area contributed by atoms with Crippen molar-refractivity contribution in [1.29, 1.82) is 0 Å². The second-order valence-electron chi connectivity index (χ2n) is 6.43. The first-order chi connectivity index (χ1) is 11.6. The second kappa shape index (κ2) is 7.58. The summed E-state index contributed by atoms with van der Waals surface area (Å²) >= 11 is 1.27. The van der Waals surface area contributed by atoms with Gasteiger partial charge in [-0.05, 0) is 32.4 Å². The second-order valence-corrected chi connectivity index (χ2v) is 7.29. The van der Waals surface area contributed by atoms with Gasteiger partial charge in [-0.1, -0.05) is 0 Å². The molecule has 2 amide bonds. The molecule has 2 saturated heterocycles. The van der Waals surface area contributed by atoms with E-state index in [0.29, 0.717) is 17.4 Å². The van der Waals surface area contributed by atoms with Crippen LogP contribution >= 0.6 is 11.3 Å². The number of hydrogen-bond acceptors (Lipinski definition) is 6. The van der Waals surface area contributed by atoms with E-state index in [4.69, 9.17) is 4.74 Å². The van der Waals surface area contributed by atoms with Gasteiger partial charge in [0.2, 0.25) is 5.91 Å². The number of amides is 2. The van der Waals surface area contributed by atoms with Gasteiger partial charge in [0.05, 0.1) is 6.10 Å². The lowest BCUT2D eigenvalue weighted by Gasteiger charge is -2.27. The van der Waals surface area contributed by atoms with Gasteiger partial charge in [0.1, 0.15) is 5.69 Å². The highest BCUT2D eigenvalue weighted by atomic mass is 32.1. The molecule has 8 heteroatoms. The first-order valence-electron chi connectivity index (χ1n) is 8.36. The van der Waals surface area contributed by atoms with E-state index in [0.717, 1.165) is 26.1 Å². The van der Waals surface area contributed by atoms with Crippen LogP contribution in [-0.2, 0) is 9.53 Å². The predicted octanol–water partition coefficient (Wildman–Crippen LogP) is 1.43. The summed E-state index contributed by atoms with van der Waals surface area (Å²) < 4.78 is 5.49. The SMILES string of the molecule is CO[C@H]1C[C@@H](CN2CCCC2)N(C(=O)c2csc(NC(C)=O)n2)C1. The number of methoxy groups -OCH3 is 1. The molecule has 1 aromatic heterocycles. The van der Waals surface area contributed by atoms with Gasteiger partial charge >= 0.3 is 0 Å². The third-order valence-electron chi connectivity index (χ3n) is 4.64. The Morgan fingerprint density at radius 3 is 2.83 bits per heavy atom. The third-order valence-corrected chi connectivity index (χ3v) is 5.40. The molecule has 0 saturated carbocycles. The molecule has 0 radical (unpaired) electrons. The van der Waals surface area contributed by atoms with Gasteiger partial charge in [-0.15, -0.1) is 11.3 Å². The lowest BCUT2D eigenvalue weighted by atomic mass is 10.2. The van der Waals surface area contributed by atoms with Crippen LogP contribution in [0.1, 0.15) is 36.7 Å². The van der Waals surface area contributed by atoms with Crippen LogP contribution in [0.5, 0.6) is 0 Å². The van der Waals surface area contributed by atoms with Crippen LogP contribution < -0.4 is 5.32 Å². The van der Waals surface area contributed by atoms with Crippen molar-refractivity contribution in [1.82, 2.24) is 14.8 Å². The third kappa shape index (κ3) is 3.93. The topological polar surface area (TPSA) is 74.8 Å². The largest absolute Gasteiger partial charge is 0.380 e. The van der Waals surface area contributed by atoms with Crippen molar-refractivity contribution in [3.63, 3.8) is 0 Å². The van der Waals surface area contributed by atoms with E-state index in [-0.39, 0.29) is 24.0 Å². The number of rotatable bonds is 5. The Balaban J connectivity index is 1.70. The van der Waals surface area contributed by atoms with E-state index < -0.39 is 0 Å². The number of likely N-dealkylation sites (tertiary alicyclic amines) is 2. The van der Waals surface area contributed by atoms with E-state index in [1.165, 1.54) is 31.1 Å². The number of anilines is 1. The van der Waals surface area contributed by atoms with Gasteiger partial charge in [-0.2, -0.15) is 0 Å². The summed E-state index contributed by atoms with van der Waals surface area (Å²) in [7, 11) is 1.70. The van der Waals surface area contributed by atoms with Gasteiger partial charge in [0.15, 0.2) is 5.13 Å². The smallest absolute Gasteiger partial charge is 0.273 e. The highest BCUT2D eigenvalue weighted by Crippen LogP contribution is 2.26. The van der Waals surface area contributed by atoms with Crippen molar-refractivity contribution in [2.45, 2.75) is 38.3 Å². The standard InChI is InChI=1S/C16H24N4O3S/c1-11(21)17-16-18-14(10-24-16)15(22)20-9-13(23-2)7-12(20)8-19-5-3-4-6-19/h10,12-13H,3-9H2,1-2H3,(H,17,18,21)/t12-,13-/m0/s1. The Bertz CT molecular complexity index is 600. The van der Waals surface area contributed by atoms with Gasteiger partial charge < -0.3 is 19.9 Å².